The third-order valence-corrected chi connectivity index (χ3v) is 3.55. The highest BCUT2D eigenvalue weighted by Gasteiger charge is 2.13. The molecule has 0 atom stereocenters. The first-order valence-electron chi connectivity index (χ1n) is 6.10. The second-order valence-electron chi connectivity index (χ2n) is 4.23. The Kier molecular flexibility index (Phi) is 4.68. The van der Waals surface area contributed by atoms with Crippen molar-refractivity contribution in [2.75, 3.05) is 5.32 Å². The van der Waals surface area contributed by atoms with E-state index in [9.17, 15) is 9.18 Å². The topological polar surface area (TPSA) is 29.1 Å². The zero-order valence-corrected chi connectivity index (χ0v) is 12.4. The minimum atomic E-state index is -0.558. The Morgan fingerprint density at radius 1 is 1.30 bits per heavy atom. The Hall–Kier alpha value is -1.52. The first-order valence-corrected chi connectivity index (χ1v) is 6.92. The summed E-state index contributed by atoms with van der Waals surface area (Å²) in [5.74, 6) is -0.812. The second kappa shape index (κ2) is 6.29. The molecule has 0 aliphatic rings. The van der Waals surface area contributed by atoms with Crippen LogP contribution in [-0.2, 0) is 4.79 Å². The monoisotopic (exact) mass is 309 g/mol. The molecule has 1 amide bonds. The van der Waals surface area contributed by atoms with Crippen LogP contribution in [0.15, 0.2) is 41.3 Å². The standard InChI is InChI=1S/C15H13ClFNOS/c1-2-15(19)18-13-7-10(11(16)8-12(13)17)9-5-3-4-6-14(9)20/h3-8,20H,2H2,1H3,(H,18,19). The highest BCUT2D eigenvalue weighted by atomic mass is 35.5. The van der Waals surface area contributed by atoms with Crippen molar-refractivity contribution >= 4 is 35.8 Å². The van der Waals surface area contributed by atoms with Gasteiger partial charge >= 0.3 is 0 Å². The highest BCUT2D eigenvalue weighted by Crippen LogP contribution is 2.35. The molecule has 20 heavy (non-hydrogen) atoms. The summed E-state index contributed by atoms with van der Waals surface area (Å²) in [7, 11) is 0. The minimum absolute atomic E-state index is 0.118. The van der Waals surface area contributed by atoms with Crippen LogP contribution in [0.4, 0.5) is 10.1 Å². The zero-order chi connectivity index (χ0) is 14.7. The molecular weight excluding hydrogens is 297 g/mol. The maximum atomic E-state index is 13.8. The van der Waals surface area contributed by atoms with Crippen molar-refractivity contribution in [2.24, 2.45) is 0 Å². The molecule has 0 aromatic heterocycles. The van der Waals surface area contributed by atoms with Crippen molar-refractivity contribution in [1.29, 1.82) is 0 Å². The van der Waals surface area contributed by atoms with Gasteiger partial charge in [-0.1, -0.05) is 36.7 Å². The second-order valence-corrected chi connectivity index (χ2v) is 5.12. The number of halogens is 2. The number of hydrogen-bond donors (Lipinski definition) is 2. The molecule has 0 unspecified atom stereocenters. The first kappa shape index (κ1) is 14.9. The van der Waals surface area contributed by atoms with Gasteiger partial charge in [-0.3, -0.25) is 4.79 Å². The molecule has 0 bridgehead atoms. The predicted molar refractivity (Wildman–Crippen MR) is 83.0 cm³/mol. The predicted octanol–water partition coefficient (Wildman–Crippen LogP) is 4.78. The van der Waals surface area contributed by atoms with E-state index in [0.29, 0.717) is 5.56 Å². The molecule has 0 heterocycles. The van der Waals surface area contributed by atoms with Crippen LogP contribution in [0.25, 0.3) is 11.1 Å². The normalized spacial score (nSPS) is 10.4. The quantitative estimate of drug-likeness (QED) is 0.785. The van der Waals surface area contributed by atoms with Crippen LogP contribution in [0.5, 0.6) is 0 Å². The average molecular weight is 310 g/mol. The van der Waals surface area contributed by atoms with E-state index in [1.54, 1.807) is 6.92 Å². The van der Waals surface area contributed by atoms with Gasteiger partial charge in [0.15, 0.2) is 0 Å². The molecule has 0 aliphatic heterocycles. The number of nitrogens with one attached hydrogen (secondary N) is 1. The van der Waals surface area contributed by atoms with Gasteiger partial charge in [0.2, 0.25) is 5.91 Å². The van der Waals surface area contributed by atoms with E-state index in [-0.39, 0.29) is 23.0 Å². The SMILES string of the molecule is CCC(=O)Nc1cc(-c2ccccc2S)c(Cl)cc1F. The summed E-state index contributed by atoms with van der Waals surface area (Å²) in [4.78, 5) is 12.1. The first-order chi connectivity index (χ1) is 9.52. The van der Waals surface area contributed by atoms with E-state index in [4.69, 9.17) is 11.6 Å². The molecular formula is C15H13ClFNOS. The molecule has 2 rings (SSSR count). The van der Waals surface area contributed by atoms with Crippen LogP contribution in [0.3, 0.4) is 0 Å². The summed E-state index contributed by atoms with van der Waals surface area (Å²) in [6.07, 6.45) is 0.278. The lowest BCUT2D eigenvalue weighted by Crippen LogP contribution is -2.11. The minimum Gasteiger partial charge on any atom is -0.324 e. The van der Waals surface area contributed by atoms with Crippen LogP contribution < -0.4 is 5.32 Å². The molecule has 0 saturated carbocycles. The maximum Gasteiger partial charge on any atom is 0.224 e. The van der Waals surface area contributed by atoms with E-state index in [2.05, 4.69) is 17.9 Å². The molecule has 2 aromatic rings. The molecule has 104 valence electrons. The van der Waals surface area contributed by atoms with Crippen LogP contribution in [-0.4, -0.2) is 5.91 Å². The van der Waals surface area contributed by atoms with Crippen LogP contribution in [0.1, 0.15) is 13.3 Å². The number of thiol groups is 1. The Balaban J connectivity index is 2.52. The van der Waals surface area contributed by atoms with E-state index >= 15 is 0 Å². The molecule has 0 radical (unpaired) electrons. The van der Waals surface area contributed by atoms with Crippen LogP contribution in [0.2, 0.25) is 5.02 Å². The van der Waals surface area contributed by atoms with E-state index in [1.165, 1.54) is 12.1 Å². The van der Waals surface area contributed by atoms with Gasteiger partial charge in [0, 0.05) is 16.9 Å². The van der Waals surface area contributed by atoms with Gasteiger partial charge in [0.25, 0.3) is 0 Å². The zero-order valence-electron chi connectivity index (χ0n) is 10.8. The van der Waals surface area contributed by atoms with Crippen molar-refractivity contribution < 1.29 is 9.18 Å². The molecule has 5 heteroatoms. The molecule has 0 saturated heterocycles. The fraction of sp³-hybridized carbons (Fsp3) is 0.133. The number of amides is 1. The largest absolute Gasteiger partial charge is 0.324 e. The van der Waals surface area contributed by atoms with Gasteiger partial charge in [0.05, 0.1) is 10.7 Å². The lowest BCUT2D eigenvalue weighted by molar-refractivity contribution is -0.115. The Morgan fingerprint density at radius 3 is 2.65 bits per heavy atom. The molecule has 0 spiro atoms. The molecule has 0 fully saturated rings. The molecule has 1 N–H and O–H groups in total. The summed E-state index contributed by atoms with van der Waals surface area (Å²) >= 11 is 10.5. The summed E-state index contributed by atoms with van der Waals surface area (Å²) in [6.45, 7) is 1.70. The van der Waals surface area contributed by atoms with Gasteiger partial charge in [0.1, 0.15) is 5.82 Å². The molecule has 2 nitrogen and oxygen atoms in total. The van der Waals surface area contributed by atoms with Crippen molar-refractivity contribution in [2.45, 2.75) is 18.2 Å². The fourth-order valence-electron chi connectivity index (χ4n) is 1.79. The Labute approximate surface area is 127 Å². The van der Waals surface area contributed by atoms with Crippen molar-refractivity contribution in [3.63, 3.8) is 0 Å². The number of hydrogen-bond acceptors (Lipinski definition) is 2. The lowest BCUT2D eigenvalue weighted by Gasteiger charge is -2.12. The highest BCUT2D eigenvalue weighted by molar-refractivity contribution is 7.80. The molecule has 2 aromatic carbocycles. The third-order valence-electron chi connectivity index (χ3n) is 2.85. The van der Waals surface area contributed by atoms with Crippen molar-refractivity contribution in [3.05, 3.63) is 47.2 Å². The van der Waals surface area contributed by atoms with E-state index in [0.717, 1.165) is 10.5 Å². The summed E-state index contributed by atoms with van der Waals surface area (Å²) in [5.41, 5.74) is 1.53. The summed E-state index contributed by atoms with van der Waals surface area (Å²) in [5, 5.41) is 2.80. The van der Waals surface area contributed by atoms with Gasteiger partial charge in [-0.15, -0.1) is 12.6 Å². The van der Waals surface area contributed by atoms with E-state index in [1.807, 2.05) is 24.3 Å². The van der Waals surface area contributed by atoms with Gasteiger partial charge in [-0.25, -0.2) is 4.39 Å². The van der Waals surface area contributed by atoms with Crippen LogP contribution >= 0.6 is 24.2 Å². The number of anilines is 1. The maximum absolute atomic E-state index is 13.8. The van der Waals surface area contributed by atoms with Crippen LogP contribution in [0, 0.1) is 5.82 Å². The Bertz CT molecular complexity index is 660. The fourth-order valence-corrected chi connectivity index (χ4v) is 2.32. The summed E-state index contributed by atoms with van der Waals surface area (Å²) in [6, 6.07) is 10.1. The number of carbonyl (C=O) groups excluding carboxylic acids is 1. The summed E-state index contributed by atoms with van der Waals surface area (Å²) < 4.78 is 13.8. The number of benzene rings is 2. The lowest BCUT2D eigenvalue weighted by atomic mass is 10.0. The molecule has 0 aliphatic carbocycles. The Morgan fingerprint density at radius 2 is 2.00 bits per heavy atom. The van der Waals surface area contributed by atoms with Crippen molar-refractivity contribution in [3.8, 4) is 11.1 Å². The number of rotatable bonds is 3. The third kappa shape index (κ3) is 3.14. The van der Waals surface area contributed by atoms with Crippen molar-refractivity contribution in [1.82, 2.24) is 0 Å². The van der Waals surface area contributed by atoms with Gasteiger partial charge in [-0.2, -0.15) is 0 Å². The van der Waals surface area contributed by atoms with E-state index < -0.39 is 5.82 Å². The number of carbonyl (C=O) groups is 1. The average Bonchev–Trinajstić information content (AvgIpc) is 2.42. The smallest absolute Gasteiger partial charge is 0.224 e. The van der Waals surface area contributed by atoms with Gasteiger partial charge < -0.3 is 5.32 Å². The van der Waals surface area contributed by atoms with Gasteiger partial charge in [-0.05, 0) is 23.8 Å².